The summed E-state index contributed by atoms with van der Waals surface area (Å²) in [4.78, 5) is 2.19. The minimum Gasteiger partial charge on any atom is -0.356 e. The van der Waals surface area contributed by atoms with Gasteiger partial charge in [-0.05, 0) is 76.0 Å². The predicted molar refractivity (Wildman–Crippen MR) is 111 cm³/mol. The van der Waals surface area contributed by atoms with Crippen molar-refractivity contribution in [3.05, 3.63) is 53.7 Å². The van der Waals surface area contributed by atoms with E-state index in [1.165, 1.54) is 41.3 Å². The minimum atomic E-state index is 0.808. The summed E-state index contributed by atoms with van der Waals surface area (Å²) in [5, 5.41) is 9.10. The standard InChI is InChI=1S/C23H29N3O/c1-26(2)16-21-19(18-6-4-3-5-7-18)9-10-20-22(25-27-23(20)21)11-8-17-12-14-24-15-13-17/h3-7,9-10,17,24H,8,11-16H2,1-2H3. The number of fused-ring (bicyclic) bond motifs is 1. The van der Waals surface area contributed by atoms with E-state index in [-0.39, 0.29) is 0 Å². The van der Waals surface area contributed by atoms with Crippen LogP contribution < -0.4 is 5.32 Å². The van der Waals surface area contributed by atoms with Crippen molar-refractivity contribution >= 4 is 11.0 Å². The zero-order valence-corrected chi connectivity index (χ0v) is 16.4. The van der Waals surface area contributed by atoms with E-state index in [9.17, 15) is 0 Å². The van der Waals surface area contributed by atoms with Crippen molar-refractivity contribution in [2.24, 2.45) is 5.92 Å². The van der Waals surface area contributed by atoms with Gasteiger partial charge in [0.15, 0.2) is 5.58 Å². The molecule has 0 atom stereocenters. The third kappa shape index (κ3) is 4.07. The summed E-state index contributed by atoms with van der Waals surface area (Å²) in [5.74, 6) is 0.808. The van der Waals surface area contributed by atoms with Crippen molar-refractivity contribution in [2.75, 3.05) is 27.2 Å². The average molecular weight is 364 g/mol. The van der Waals surface area contributed by atoms with Gasteiger partial charge in [0, 0.05) is 17.5 Å². The van der Waals surface area contributed by atoms with Crippen LogP contribution in [0.1, 0.15) is 30.5 Å². The van der Waals surface area contributed by atoms with Gasteiger partial charge in [0.05, 0.1) is 5.69 Å². The monoisotopic (exact) mass is 363 g/mol. The van der Waals surface area contributed by atoms with Gasteiger partial charge >= 0.3 is 0 Å². The first-order valence-corrected chi connectivity index (χ1v) is 10.0. The molecule has 1 aliphatic heterocycles. The molecule has 142 valence electrons. The molecule has 1 fully saturated rings. The number of nitrogens with one attached hydrogen (secondary N) is 1. The Hall–Kier alpha value is -2.17. The van der Waals surface area contributed by atoms with Crippen LogP contribution in [-0.4, -0.2) is 37.2 Å². The second-order valence-corrected chi connectivity index (χ2v) is 7.93. The maximum Gasteiger partial charge on any atom is 0.172 e. The lowest BCUT2D eigenvalue weighted by Crippen LogP contribution is -2.27. The van der Waals surface area contributed by atoms with Gasteiger partial charge in [-0.2, -0.15) is 0 Å². The normalized spacial score (nSPS) is 15.7. The number of aromatic nitrogens is 1. The second kappa shape index (κ2) is 8.24. The molecule has 0 saturated carbocycles. The maximum absolute atomic E-state index is 5.89. The van der Waals surface area contributed by atoms with Crippen molar-refractivity contribution in [1.29, 1.82) is 0 Å². The number of hydrogen-bond donors (Lipinski definition) is 1. The summed E-state index contributed by atoms with van der Waals surface area (Å²) < 4.78 is 5.89. The molecule has 2 aromatic carbocycles. The molecule has 0 aliphatic carbocycles. The number of rotatable bonds is 6. The Morgan fingerprint density at radius 2 is 1.85 bits per heavy atom. The van der Waals surface area contributed by atoms with Crippen LogP contribution in [0, 0.1) is 5.92 Å². The van der Waals surface area contributed by atoms with Gasteiger partial charge in [-0.25, -0.2) is 0 Å². The number of benzene rings is 2. The van der Waals surface area contributed by atoms with Crippen LogP contribution in [0.25, 0.3) is 22.1 Å². The lowest BCUT2D eigenvalue weighted by atomic mass is 9.91. The fourth-order valence-electron chi connectivity index (χ4n) is 4.16. The van der Waals surface area contributed by atoms with Crippen molar-refractivity contribution in [3.8, 4) is 11.1 Å². The van der Waals surface area contributed by atoms with Crippen molar-refractivity contribution in [1.82, 2.24) is 15.4 Å². The number of hydrogen-bond acceptors (Lipinski definition) is 4. The van der Waals surface area contributed by atoms with Crippen molar-refractivity contribution in [3.63, 3.8) is 0 Å². The molecule has 0 amide bonds. The molecule has 1 aromatic heterocycles. The van der Waals surface area contributed by atoms with Crippen LogP contribution in [0.4, 0.5) is 0 Å². The van der Waals surface area contributed by atoms with E-state index in [0.717, 1.165) is 43.2 Å². The molecule has 4 heteroatoms. The lowest BCUT2D eigenvalue weighted by molar-refractivity contribution is 0.350. The van der Waals surface area contributed by atoms with E-state index in [0.29, 0.717) is 0 Å². The molecular weight excluding hydrogens is 334 g/mol. The summed E-state index contributed by atoms with van der Waals surface area (Å²) in [6.45, 7) is 3.14. The average Bonchev–Trinajstić information content (AvgIpc) is 3.11. The van der Waals surface area contributed by atoms with E-state index in [1.54, 1.807) is 0 Å². The fourth-order valence-corrected chi connectivity index (χ4v) is 4.16. The Bertz CT molecular complexity index is 879. The van der Waals surface area contributed by atoms with Crippen molar-refractivity contribution in [2.45, 2.75) is 32.2 Å². The predicted octanol–water partition coefficient (Wildman–Crippen LogP) is 4.49. The molecule has 1 aliphatic rings. The van der Waals surface area contributed by atoms with Crippen LogP contribution in [-0.2, 0) is 13.0 Å². The SMILES string of the molecule is CN(C)Cc1c(-c2ccccc2)ccc2c(CCC3CCNCC3)noc12. The summed E-state index contributed by atoms with van der Waals surface area (Å²) >= 11 is 0. The first-order chi connectivity index (χ1) is 13.2. The van der Waals surface area contributed by atoms with Crippen LogP contribution in [0.2, 0.25) is 0 Å². The Labute approximate surface area is 161 Å². The van der Waals surface area contributed by atoms with Crippen LogP contribution in [0.3, 0.4) is 0 Å². The maximum atomic E-state index is 5.89. The van der Waals surface area contributed by atoms with Gasteiger partial charge in [-0.15, -0.1) is 0 Å². The van der Waals surface area contributed by atoms with Gasteiger partial charge < -0.3 is 14.7 Å². The van der Waals surface area contributed by atoms with Crippen LogP contribution in [0.15, 0.2) is 47.0 Å². The first-order valence-electron chi connectivity index (χ1n) is 10.0. The smallest absolute Gasteiger partial charge is 0.172 e. The van der Waals surface area contributed by atoms with Crippen LogP contribution >= 0.6 is 0 Å². The number of nitrogens with zero attached hydrogens (tertiary/aromatic N) is 2. The van der Waals surface area contributed by atoms with E-state index in [1.807, 2.05) is 0 Å². The Morgan fingerprint density at radius 1 is 1.07 bits per heavy atom. The topological polar surface area (TPSA) is 41.3 Å². The zero-order valence-electron chi connectivity index (χ0n) is 16.4. The molecule has 0 radical (unpaired) electrons. The highest BCUT2D eigenvalue weighted by Gasteiger charge is 2.19. The Kier molecular flexibility index (Phi) is 5.55. The summed E-state index contributed by atoms with van der Waals surface area (Å²) in [7, 11) is 4.20. The quantitative estimate of drug-likeness (QED) is 0.701. The van der Waals surface area contributed by atoms with Crippen molar-refractivity contribution < 1.29 is 4.52 Å². The molecule has 0 spiro atoms. The summed E-state index contributed by atoms with van der Waals surface area (Å²) in [6.07, 6.45) is 4.76. The number of aryl methyl sites for hydroxylation is 1. The van der Waals surface area contributed by atoms with Gasteiger partial charge in [0.1, 0.15) is 0 Å². The number of piperidine rings is 1. The highest BCUT2D eigenvalue weighted by Crippen LogP contribution is 2.33. The second-order valence-electron chi connectivity index (χ2n) is 7.93. The van der Waals surface area contributed by atoms with Gasteiger partial charge in [-0.1, -0.05) is 41.6 Å². The zero-order chi connectivity index (χ0) is 18.6. The van der Waals surface area contributed by atoms with Crippen LogP contribution in [0.5, 0.6) is 0 Å². The molecular formula is C23H29N3O. The Balaban J connectivity index is 1.66. The molecule has 0 unspecified atom stereocenters. The highest BCUT2D eigenvalue weighted by molar-refractivity contribution is 5.89. The first kappa shape index (κ1) is 18.2. The third-order valence-electron chi connectivity index (χ3n) is 5.63. The minimum absolute atomic E-state index is 0.808. The lowest BCUT2D eigenvalue weighted by Gasteiger charge is -2.21. The van der Waals surface area contributed by atoms with Gasteiger partial charge in [0.25, 0.3) is 0 Å². The molecule has 0 bridgehead atoms. The molecule has 27 heavy (non-hydrogen) atoms. The molecule has 2 heterocycles. The fraction of sp³-hybridized carbons (Fsp3) is 0.435. The molecule has 3 aromatic rings. The molecule has 1 N–H and O–H groups in total. The highest BCUT2D eigenvalue weighted by atomic mass is 16.5. The Morgan fingerprint density at radius 3 is 2.59 bits per heavy atom. The molecule has 4 rings (SSSR count). The van der Waals surface area contributed by atoms with E-state index in [4.69, 9.17) is 4.52 Å². The van der Waals surface area contributed by atoms with E-state index in [2.05, 4.69) is 71.9 Å². The largest absolute Gasteiger partial charge is 0.356 e. The summed E-state index contributed by atoms with van der Waals surface area (Å²) in [5.41, 5.74) is 5.75. The van der Waals surface area contributed by atoms with E-state index < -0.39 is 0 Å². The third-order valence-corrected chi connectivity index (χ3v) is 5.63. The molecule has 1 saturated heterocycles. The van der Waals surface area contributed by atoms with Gasteiger partial charge in [0.2, 0.25) is 0 Å². The summed E-state index contributed by atoms with van der Waals surface area (Å²) in [6, 6.07) is 15.0. The van der Waals surface area contributed by atoms with Gasteiger partial charge in [-0.3, -0.25) is 0 Å². The van der Waals surface area contributed by atoms with E-state index >= 15 is 0 Å². The molecule has 4 nitrogen and oxygen atoms in total.